The summed E-state index contributed by atoms with van der Waals surface area (Å²) >= 11 is 0. The largest absolute Gasteiger partial charge is 0.385 e. The molecule has 1 heterocycles. The van der Waals surface area contributed by atoms with Crippen molar-refractivity contribution in [2.45, 2.75) is 58.9 Å². The number of nitrogens with zero attached hydrogens (tertiary/aromatic N) is 2. The summed E-state index contributed by atoms with van der Waals surface area (Å²) in [6.45, 7) is 8.41. The first kappa shape index (κ1) is 16.4. The predicted molar refractivity (Wildman–Crippen MR) is 85.6 cm³/mol. The van der Waals surface area contributed by atoms with Gasteiger partial charge in [-0.05, 0) is 57.6 Å². The van der Waals surface area contributed by atoms with Crippen molar-refractivity contribution in [3.8, 4) is 0 Å². The van der Waals surface area contributed by atoms with Crippen LogP contribution in [0.25, 0.3) is 0 Å². The molecule has 118 valence electrons. The zero-order chi connectivity index (χ0) is 15.2. The lowest BCUT2D eigenvalue weighted by molar-refractivity contribution is 0.194. The number of aromatic nitrogens is 2. The van der Waals surface area contributed by atoms with Crippen LogP contribution in [0.5, 0.6) is 0 Å². The summed E-state index contributed by atoms with van der Waals surface area (Å²) in [7, 11) is 1.73. The lowest BCUT2D eigenvalue weighted by Crippen LogP contribution is -2.25. The van der Waals surface area contributed by atoms with E-state index in [0.717, 1.165) is 55.7 Å². The van der Waals surface area contributed by atoms with Crippen LogP contribution in [0.3, 0.4) is 0 Å². The summed E-state index contributed by atoms with van der Waals surface area (Å²) in [5.41, 5.74) is 3.62. The van der Waals surface area contributed by atoms with Gasteiger partial charge in [0.15, 0.2) is 0 Å². The average Bonchev–Trinajstić information content (AvgIpc) is 3.25. The normalized spacial score (nSPS) is 16.2. The monoisotopic (exact) mass is 291 g/mol. The Labute approximate surface area is 128 Å². The highest BCUT2D eigenvalue weighted by molar-refractivity contribution is 5.25. The summed E-state index contributed by atoms with van der Waals surface area (Å²) < 4.78 is 5.09. The zero-order valence-corrected chi connectivity index (χ0v) is 13.9. The van der Waals surface area contributed by atoms with Crippen LogP contribution >= 0.6 is 0 Å². The maximum absolute atomic E-state index is 5.09. The Morgan fingerprint density at radius 3 is 2.48 bits per heavy atom. The number of ether oxygens (including phenoxy) is 1. The van der Waals surface area contributed by atoms with Gasteiger partial charge in [-0.3, -0.25) is 0 Å². The lowest BCUT2D eigenvalue weighted by atomic mass is 9.98. The van der Waals surface area contributed by atoms with Crippen molar-refractivity contribution in [2.24, 2.45) is 5.92 Å². The van der Waals surface area contributed by atoms with E-state index in [1.54, 1.807) is 7.11 Å². The van der Waals surface area contributed by atoms with E-state index in [2.05, 4.69) is 36.1 Å². The molecule has 4 nitrogen and oxygen atoms in total. The zero-order valence-electron chi connectivity index (χ0n) is 13.9. The van der Waals surface area contributed by atoms with E-state index < -0.39 is 0 Å². The molecule has 2 rings (SSSR count). The molecule has 1 aliphatic rings. The number of nitrogens with one attached hydrogen (secondary N) is 1. The van der Waals surface area contributed by atoms with E-state index in [1.807, 2.05) is 0 Å². The third kappa shape index (κ3) is 5.36. The molecule has 1 N–H and O–H groups in total. The minimum absolute atomic E-state index is 0.631. The summed E-state index contributed by atoms with van der Waals surface area (Å²) in [6, 6.07) is 0.786. The average molecular weight is 291 g/mol. The molecule has 1 aliphatic carbocycles. The SMILES string of the molecule is COCCCc1nc(C)c(CC(C)CNC2CC2)c(C)n1. The highest BCUT2D eigenvalue weighted by Gasteiger charge is 2.21. The molecular weight excluding hydrogens is 262 g/mol. The minimum atomic E-state index is 0.631. The van der Waals surface area contributed by atoms with E-state index in [4.69, 9.17) is 4.74 Å². The third-order valence-electron chi connectivity index (χ3n) is 4.10. The maximum atomic E-state index is 5.09. The number of hydrogen-bond donors (Lipinski definition) is 1. The van der Waals surface area contributed by atoms with Gasteiger partial charge in [0.25, 0.3) is 0 Å². The number of hydrogen-bond acceptors (Lipinski definition) is 4. The number of rotatable bonds is 9. The Kier molecular flexibility index (Phi) is 6.12. The van der Waals surface area contributed by atoms with Crippen LogP contribution < -0.4 is 5.32 Å². The van der Waals surface area contributed by atoms with Crippen LogP contribution in [0.1, 0.15) is 49.0 Å². The van der Waals surface area contributed by atoms with Crippen LogP contribution in [-0.2, 0) is 17.6 Å². The molecule has 4 heteroatoms. The molecule has 0 radical (unpaired) electrons. The molecule has 0 spiro atoms. The van der Waals surface area contributed by atoms with E-state index in [9.17, 15) is 0 Å². The van der Waals surface area contributed by atoms with Crippen molar-refractivity contribution >= 4 is 0 Å². The molecular formula is C17H29N3O. The second-order valence-electron chi connectivity index (χ2n) is 6.38. The molecule has 0 saturated heterocycles. The Morgan fingerprint density at radius 2 is 1.90 bits per heavy atom. The Bertz CT molecular complexity index is 434. The molecule has 0 aliphatic heterocycles. The Morgan fingerprint density at radius 1 is 1.24 bits per heavy atom. The summed E-state index contributed by atoms with van der Waals surface area (Å²) in [5.74, 6) is 1.58. The predicted octanol–water partition coefficient (Wildman–Crippen LogP) is 2.60. The molecule has 1 saturated carbocycles. The number of methoxy groups -OCH3 is 1. The van der Waals surface area contributed by atoms with Gasteiger partial charge >= 0.3 is 0 Å². The fourth-order valence-electron chi connectivity index (χ4n) is 2.67. The highest BCUT2D eigenvalue weighted by atomic mass is 16.5. The van der Waals surface area contributed by atoms with Gasteiger partial charge in [0.1, 0.15) is 5.82 Å². The van der Waals surface area contributed by atoms with Crippen LogP contribution in [0, 0.1) is 19.8 Å². The summed E-state index contributed by atoms with van der Waals surface area (Å²) in [6.07, 6.45) is 5.65. The van der Waals surface area contributed by atoms with Gasteiger partial charge in [-0.1, -0.05) is 6.92 Å². The van der Waals surface area contributed by atoms with Gasteiger partial charge < -0.3 is 10.1 Å². The van der Waals surface area contributed by atoms with Crippen LogP contribution in [-0.4, -0.2) is 36.3 Å². The standard InChI is InChI=1S/C17H29N3O/c1-12(11-18-15-7-8-15)10-16-13(2)19-17(20-14(16)3)6-5-9-21-4/h12,15,18H,5-11H2,1-4H3. The Balaban J connectivity index is 1.91. The third-order valence-corrected chi connectivity index (χ3v) is 4.10. The van der Waals surface area contributed by atoms with Crippen molar-refractivity contribution in [1.82, 2.24) is 15.3 Å². The van der Waals surface area contributed by atoms with Crippen molar-refractivity contribution in [3.05, 3.63) is 22.8 Å². The van der Waals surface area contributed by atoms with Crippen molar-refractivity contribution in [2.75, 3.05) is 20.3 Å². The van der Waals surface area contributed by atoms with E-state index in [0.29, 0.717) is 5.92 Å². The lowest BCUT2D eigenvalue weighted by Gasteiger charge is -2.16. The second kappa shape index (κ2) is 7.85. The quantitative estimate of drug-likeness (QED) is 0.710. The first-order valence-corrected chi connectivity index (χ1v) is 8.15. The molecule has 0 bridgehead atoms. The highest BCUT2D eigenvalue weighted by Crippen LogP contribution is 2.20. The topological polar surface area (TPSA) is 47.0 Å². The molecule has 0 amide bonds. The van der Waals surface area contributed by atoms with Crippen molar-refractivity contribution < 1.29 is 4.74 Å². The van der Waals surface area contributed by atoms with Crippen LogP contribution in [0.15, 0.2) is 0 Å². The van der Waals surface area contributed by atoms with E-state index >= 15 is 0 Å². The van der Waals surface area contributed by atoms with E-state index in [-0.39, 0.29) is 0 Å². The minimum Gasteiger partial charge on any atom is -0.385 e. The molecule has 21 heavy (non-hydrogen) atoms. The fourth-order valence-corrected chi connectivity index (χ4v) is 2.67. The molecule has 1 unspecified atom stereocenters. The van der Waals surface area contributed by atoms with Gasteiger partial charge in [-0.2, -0.15) is 0 Å². The molecule has 1 fully saturated rings. The van der Waals surface area contributed by atoms with Gasteiger partial charge in [0.05, 0.1) is 0 Å². The van der Waals surface area contributed by atoms with E-state index in [1.165, 1.54) is 18.4 Å². The number of aryl methyl sites for hydroxylation is 3. The van der Waals surface area contributed by atoms with Gasteiger partial charge in [0, 0.05) is 37.6 Å². The second-order valence-corrected chi connectivity index (χ2v) is 6.38. The van der Waals surface area contributed by atoms with Gasteiger partial charge in [-0.25, -0.2) is 9.97 Å². The molecule has 1 aromatic rings. The smallest absolute Gasteiger partial charge is 0.128 e. The molecule has 0 aromatic carbocycles. The first-order valence-electron chi connectivity index (χ1n) is 8.15. The summed E-state index contributed by atoms with van der Waals surface area (Å²) in [5, 5.41) is 3.61. The summed E-state index contributed by atoms with van der Waals surface area (Å²) in [4.78, 5) is 9.36. The van der Waals surface area contributed by atoms with Gasteiger partial charge in [0.2, 0.25) is 0 Å². The van der Waals surface area contributed by atoms with Gasteiger partial charge in [-0.15, -0.1) is 0 Å². The molecule has 1 atom stereocenters. The first-order chi connectivity index (χ1) is 10.1. The Hall–Kier alpha value is -1.00. The molecule has 1 aromatic heterocycles. The van der Waals surface area contributed by atoms with Crippen molar-refractivity contribution in [1.29, 1.82) is 0 Å². The van der Waals surface area contributed by atoms with Crippen molar-refractivity contribution in [3.63, 3.8) is 0 Å². The maximum Gasteiger partial charge on any atom is 0.128 e. The fraction of sp³-hybridized carbons (Fsp3) is 0.765. The van der Waals surface area contributed by atoms with Crippen LogP contribution in [0.4, 0.5) is 0 Å². The van der Waals surface area contributed by atoms with Crippen LogP contribution in [0.2, 0.25) is 0 Å².